The van der Waals surface area contributed by atoms with Gasteiger partial charge in [0, 0.05) is 10.5 Å². The lowest BCUT2D eigenvalue weighted by Crippen LogP contribution is -1.93. The van der Waals surface area contributed by atoms with Crippen LogP contribution in [0.1, 0.15) is 0 Å². The zero-order chi connectivity index (χ0) is 16.5. The van der Waals surface area contributed by atoms with Crippen molar-refractivity contribution in [2.75, 3.05) is 0 Å². The molecule has 0 radical (unpaired) electrons. The minimum absolute atomic E-state index is 0.262. The van der Waals surface area contributed by atoms with Gasteiger partial charge in [-0.1, -0.05) is 53.7 Å². The number of aromatic nitrogens is 3. The summed E-state index contributed by atoms with van der Waals surface area (Å²) in [6.07, 6.45) is 0. The first-order chi connectivity index (χ1) is 11.7. The Bertz CT molecular complexity index is 1000. The Balaban J connectivity index is 1.90. The van der Waals surface area contributed by atoms with Crippen LogP contribution in [0.25, 0.3) is 16.9 Å². The highest BCUT2D eigenvalue weighted by atomic mass is 35.5. The molecule has 4 rings (SSSR count). The molecule has 118 valence electrons. The van der Waals surface area contributed by atoms with Gasteiger partial charge >= 0.3 is 0 Å². The highest BCUT2D eigenvalue weighted by Gasteiger charge is 2.16. The van der Waals surface area contributed by atoms with Gasteiger partial charge in [-0.2, -0.15) is 5.10 Å². The van der Waals surface area contributed by atoms with Gasteiger partial charge in [-0.15, -0.1) is 0 Å². The lowest BCUT2D eigenvalue weighted by molar-refractivity contribution is 0.626. The summed E-state index contributed by atoms with van der Waals surface area (Å²) < 4.78 is 14.9. The molecule has 0 unspecified atom stereocenters. The maximum atomic E-state index is 13.2. The number of benzene rings is 2. The Morgan fingerprint density at radius 1 is 0.917 bits per heavy atom. The van der Waals surface area contributed by atoms with E-state index in [1.165, 1.54) is 23.9 Å². The molecule has 4 aromatic rings. The Morgan fingerprint density at radius 3 is 2.42 bits per heavy atom. The highest BCUT2D eigenvalue weighted by molar-refractivity contribution is 7.99. The summed E-state index contributed by atoms with van der Waals surface area (Å²) in [7, 11) is 0. The van der Waals surface area contributed by atoms with Crippen LogP contribution in [0.5, 0.6) is 0 Å². The molecule has 0 atom stereocenters. The summed E-state index contributed by atoms with van der Waals surface area (Å²) in [6, 6.07) is 19.8. The molecule has 0 spiro atoms. The second-order valence-corrected chi connectivity index (χ2v) is 6.56. The summed E-state index contributed by atoms with van der Waals surface area (Å²) in [5, 5.41) is 5.59. The largest absolute Gasteiger partial charge is 0.226 e. The molecule has 0 aliphatic carbocycles. The van der Waals surface area contributed by atoms with Crippen LogP contribution in [0.4, 0.5) is 4.39 Å². The molecule has 2 aromatic carbocycles. The van der Waals surface area contributed by atoms with Crippen molar-refractivity contribution in [1.82, 2.24) is 14.6 Å². The summed E-state index contributed by atoms with van der Waals surface area (Å²) in [5.41, 5.74) is 2.52. The number of hydrogen-bond donors (Lipinski definition) is 0. The fourth-order valence-corrected chi connectivity index (χ4v) is 3.50. The van der Waals surface area contributed by atoms with Gasteiger partial charge in [0.25, 0.3) is 0 Å². The molecular formula is C18H11ClFN3S. The van der Waals surface area contributed by atoms with Gasteiger partial charge in [0.1, 0.15) is 21.7 Å². The maximum Gasteiger partial charge on any atom is 0.155 e. The number of imidazole rings is 1. The van der Waals surface area contributed by atoms with E-state index >= 15 is 0 Å². The second-order valence-electron chi connectivity index (χ2n) is 5.11. The van der Waals surface area contributed by atoms with Crippen LogP contribution < -0.4 is 0 Å². The molecule has 2 aromatic heterocycles. The normalized spacial score (nSPS) is 11.1. The number of fused-ring (bicyclic) bond motifs is 1. The van der Waals surface area contributed by atoms with E-state index in [1.54, 1.807) is 22.7 Å². The molecular weight excluding hydrogens is 345 g/mol. The van der Waals surface area contributed by atoms with Crippen LogP contribution in [0.2, 0.25) is 5.15 Å². The van der Waals surface area contributed by atoms with Gasteiger partial charge in [-0.3, -0.25) is 0 Å². The average molecular weight is 356 g/mol. The van der Waals surface area contributed by atoms with Gasteiger partial charge in [0.2, 0.25) is 0 Å². The van der Waals surface area contributed by atoms with Crippen molar-refractivity contribution in [1.29, 1.82) is 0 Å². The number of halogens is 2. The first kappa shape index (κ1) is 15.2. The summed E-state index contributed by atoms with van der Waals surface area (Å²) in [4.78, 5) is 5.58. The van der Waals surface area contributed by atoms with Crippen LogP contribution >= 0.6 is 23.4 Å². The van der Waals surface area contributed by atoms with E-state index in [4.69, 9.17) is 11.6 Å². The van der Waals surface area contributed by atoms with Crippen molar-refractivity contribution in [3.63, 3.8) is 0 Å². The molecule has 0 amide bonds. The van der Waals surface area contributed by atoms with E-state index in [0.717, 1.165) is 21.2 Å². The van der Waals surface area contributed by atoms with E-state index in [1.807, 2.05) is 36.4 Å². The second kappa shape index (κ2) is 6.26. The van der Waals surface area contributed by atoms with E-state index in [0.29, 0.717) is 10.8 Å². The Morgan fingerprint density at radius 2 is 1.67 bits per heavy atom. The summed E-state index contributed by atoms with van der Waals surface area (Å²) >= 11 is 7.53. The zero-order valence-electron chi connectivity index (χ0n) is 12.4. The molecule has 0 saturated carbocycles. The van der Waals surface area contributed by atoms with Crippen molar-refractivity contribution >= 4 is 29.0 Å². The lowest BCUT2D eigenvalue weighted by Gasteiger charge is -2.05. The predicted molar refractivity (Wildman–Crippen MR) is 94.0 cm³/mol. The molecule has 0 aliphatic rings. The van der Waals surface area contributed by atoms with Gasteiger partial charge in [-0.25, -0.2) is 13.9 Å². The van der Waals surface area contributed by atoms with Crippen LogP contribution in [0.3, 0.4) is 0 Å². The van der Waals surface area contributed by atoms with Crippen molar-refractivity contribution in [3.05, 3.63) is 77.7 Å². The van der Waals surface area contributed by atoms with Gasteiger partial charge in [-0.05, 0) is 36.4 Å². The van der Waals surface area contributed by atoms with Crippen LogP contribution in [-0.4, -0.2) is 14.6 Å². The molecule has 0 N–H and O–H groups in total. The fourth-order valence-electron chi connectivity index (χ4n) is 2.38. The van der Waals surface area contributed by atoms with Crippen molar-refractivity contribution in [3.8, 4) is 11.3 Å². The third-order valence-corrected chi connectivity index (χ3v) is 4.75. The van der Waals surface area contributed by atoms with Crippen molar-refractivity contribution in [2.24, 2.45) is 0 Å². The summed E-state index contributed by atoms with van der Waals surface area (Å²) in [5.74, 6) is -0.262. The molecule has 2 heterocycles. The molecule has 0 saturated heterocycles. The highest BCUT2D eigenvalue weighted by Crippen LogP contribution is 2.36. The Labute approximate surface area is 147 Å². The maximum absolute atomic E-state index is 13.2. The van der Waals surface area contributed by atoms with Crippen LogP contribution in [-0.2, 0) is 0 Å². The standard InChI is InChI=1S/C18H11ClFN3S/c19-15-10-11-16-21-17(12-4-2-1-3-5-12)18(23(16)22-15)24-14-8-6-13(20)7-9-14/h1-11H. The monoisotopic (exact) mass is 355 g/mol. The van der Waals surface area contributed by atoms with Crippen molar-refractivity contribution in [2.45, 2.75) is 9.92 Å². The zero-order valence-corrected chi connectivity index (χ0v) is 13.9. The molecule has 24 heavy (non-hydrogen) atoms. The van der Waals surface area contributed by atoms with E-state index in [-0.39, 0.29) is 5.82 Å². The van der Waals surface area contributed by atoms with E-state index < -0.39 is 0 Å². The predicted octanol–water partition coefficient (Wildman–Crippen LogP) is 5.34. The Hall–Kier alpha value is -2.37. The average Bonchev–Trinajstić information content (AvgIpc) is 2.95. The minimum Gasteiger partial charge on any atom is -0.226 e. The quantitative estimate of drug-likeness (QED) is 0.497. The molecule has 0 bridgehead atoms. The lowest BCUT2D eigenvalue weighted by atomic mass is 10.2. The topological polar surface area (TPSA) is 30.2 Å². The summed E-state index contributed by atoms with van der Waals surface area (Å²) in [6.45, 7) is 0. The first-order valence-corrected chi connectivity index (χ1v) is 8.44. The Kier molecular flexibility index (Phi) is 3.96. The van der Waals surface area contributed by atoms with Gasteiger partial charge in [0.15, 0.2) is 5.65 Å². The third-order valence-electron chi connectivity index (χ3n) is 3.48. The smallest absolute Gasteiger partial charge is 0.155 e. The van der Waals surface area contributed by atoms with Crippen LogP contribution in [0, 0.1) is 5.82 Å². The van der Waals surface area contributed by atoms with Gasteiger partial charge < -0.3 is 0 Å². The third kappa shape index (κ3) is 2.88. The minimum atomic E-state index is -0.262. The number of rotatable bonds is 3. The van der Waals surface area contributed by atoms with Crippen LogP contribution in [0.15, 0.2) is 76.7 Å². The first-order valence-electron chi connectivity index (χ1n) is 7.25. The van der Waals surface area contributed by atoms with E-state index in [2.05, 4.69) is 10.1 Å². The number of hydrogen-bond acceptors (Lipinski definition) is 3. The molecule has 3 nitrogen and oxygen atoms in total. The van der Waals surface area contributed by atoms with E-state index in [9.17, 15) is 4.39 Å². The van der Waals surface area contributed by atoms with Gasteiger partial charge in [0.05, 0.1) is 0 Å². The number of nitrogens with zero attached hydrogens (tertiary/aromatic N) is 3. The SMILES string of the molecule is Fc1ccc(Sc2c(-c3ccccc3)nc3ccc(Cl)nn23)cc1. The molecule has 6 heteroatoms. The molecule has 0 aliphatic heterocycles. The molecule has 0 fully saturated rings. The fraction of sp³-hybridized carbons (Fsp3) is 0. The van der Waals surface area contributed by atoms with Crippen molar-refractivity contribution < 1.29 is 4.39 Å².